The molecular weight excluding hydrogens is 200 g/mol. The van der Waals surface area contributed by atoms with Gasteiger partial charge in [-0.25, -0.2) is 0 Å². The standard InChI is InChI=1S/C12H10N4/c13-9-1-7-3-12-8(2-10(14)6-16-12)4-11(7)15-5-9/h1-6H,13-14H2. The lowest BCUT2D eigenvalue weighted by atomic mass is 10.1. The van der Waals surface area contributed by atoms with Crippen molar-refractivity contribution in [1.82, 2.24) is 9.97 Å². The molecule has 0 amide bonds. The van der Waals surface area contributed by atoms with Gasteiger partial charge in [-0.3, -0.25) is 9.97 Å². The summed E-state index contributed by atoms with van der Waals surface area (Å²) in [4.78, 5) is 8.53. The van der Waals surface area contributed by atoms with Crippen LogP contribution >= 0.6 is 0 Å². The van der Waals surface area contributed by atoms with Crippen LogP contribution in [0.2, 0.25) is 0 Å². The van der Waals surface area contributed by atoms with E-state index in [0.29, 0.717) is 11.4 Å². The molecule has 0 aliphatic carbocycles. The molecule has 0 aliphatic rings. The van der Waals surface area contributed by atoms with Crippen LogP contribution < -0.4 is 11.5 Å². The van der Waals surface area contributed by atoms with E-state index in [1.807, 2.05) is 24.3 Å². The number of nitrogen functional groups attached to an aromatic ring is 2. The Balaban J connectivity index is 2.44. The van der Waals surface area contributed by atoms with E-state index in [2.05, 4.69) is 9.97 Å². The minimum absolute atomic E-state index is 0.655. The Morgan fingerprint density at radius 3 is 1.56 bits per heavy atom. The summed E-state index contributed by atoms with van der Waals surface area (Å²) in [5, 5.41) is 1.98. The highest BCUT2D eigenvalue weighted by Crippen LogP contribution is 2.22. The molecule has 0 fully saturated rings. The summed E-state index contributed by atoms with van der Waals surface area (Å²) in [6.45, 7) is 0. The first-order valence-electron chi connectivity index (χ1n) is 4.93. The molecule has 0 radical (unpaired) electrons. The van der Waals surface area contributed by atoms with Crippen molar-refractivity contribution >= 4 is 33.2 Å². The van der Waals surface area contributed by atoms with E-state index < -0.39 is 0 Å². The molecule has 0 unspecified atom stereocenters. The predicted molar refractivity (Wildman–Crippen MR) is 65.9 cm³/mol. The number of rotatable bonds is 0. The smallest absolute Gasteiger partial charge is 0.0711 e. The topological polar surface area (TPSA) is 77.8 Å². The van der Waals surface area contributed by atoms with Gasteiger partial charge in [-0.05, 0) is 24.3 Å². The first kappa shape index (κ1) is 8.91. The number of pyridine rings is 2. The average Bonchev–Trinajstić information content (AvgIpc) is 2.26. The molecule has 4 nitrogen and oxygen atoms in total. The number of benzene rings is 1. The van der Waals surface area contributed by atoms with Gasteiger partial charge in [0, 0.05) is 10.8 Å². The molecule has 2 aromatic heterocycles. The molecule has 0 saturated carbocycles. The van der Waals surface area contributed by atoms with E-state index in [1.165, 1.54) is 0 Å². The highest BCUT2D eigenvalue weighted by Gasteiger charge is 2.01. The van der Waals surface area contributed by atoms with Gasteiger partial charge in [-0.1, -0.05) is 0 Å². The first-order valence-corrected chi connectivity index (χ1v) is 4.93. The monoisotopic (exact) mass is 210 g/mol. The molecule has 0 aliphatic heterocycles. The normalized spacial score (nSPS) is 11.0. The second-order valence-corrected chi connectivity index (χ2v) is 3.77. The Bertz CT molecular complexity index is 629. The third-order valence-electron chi connectivity index (χ3n) is 2.53. The maximum absolute atomic E-state index is 5.69. The van der Waals surface area contributed by atoms with Crippen LogP contribution in [-0.2, 0) is 0 Å². The molecule has 1 aromatic carbocycles. The SMILES string of the molecule is Nc1cnc2cc3cc(N)cnc3cc2c1. The van der Waals surface area contributed by atoms with Crippen LogP contribution in [0.3, 0.4) is 0 Å². The van der Waals surface area contributed by atoms with Gasteiger partial charge in [0.25, 0.3) is 0 Å². The van der Waals surface area contributed by atoms with Gasteiger partial charge in [0.2, 0.25) is 0 Å². The summed E-state index contributed by atoms with van der Waals surface area (Å²) in [6.07, 6.45) is 3.29. The summed E-state index contributed by atoms with van der Waals surface area (Å²) in [7, 11) is 0. The minimum atomic E-state index is 0.655. The summed E-state index contributed by atoms with van der Waals surface area (Å²) >= 11 is 0. The lowest BCUT2D eigenvalue weighted by Crippen LogP contribution is -1.90. The number of hydrogen-bond donors (Lipinski definition) is 2. The maximum Gasteiger partial charge on any atom is 0.0711 e. The Morgan fingerprint density at radius 2 is 1.12 bits per heavy atom. The van der Waals surface area contributed by atoms with Crippen molar-refractivity contribution < 1.29 is 0 Å². The van der Waals surface area contributed by atoms with Crippen LogP contribution in [-0.4, -0.2) is 9.97 Å². The maximum atomic E-state index is 5.69. The third-order valence-corrected chi connectivity index (χ3v) is 2.53. The zero-order valence-corrected chi connectivity index (χ0v) is 8.51. The number of hydrogen-bond acceptors (Lipinski definition) is 4. The van der Waals surface area contributed by atoms with Crippen molar-refractivity contribution in [3.05, 3.63) is 36.7 Å². The second-order valence-electron chi connectivity index (χ2n) is 3.77. The molecule has 3 rings (SSSR count). The Hall–Kier alpha value is -2.36. The lowest BCUT2D eigenvalue weighted by Gasteiger charge is -2.02. The van der Waals surface area contributed by atoms with Gasteiger partial charge in [0.15, 0.2) is 0 Å². The van der Waals surface area contributed by atoms with Gasteiger partial charge >= 0.3 is 0 Å². The average molecular weight is 210 g/mol. The van der Waals surface area contributed by atoms with E-state index in [-0.39, 0.29) is 0 Å². The number of fused-ring (bicyclic) bond motifs is 2. The largest absolute Gasteiger partial charge is 0.397 e. The zero-order chi connectivity index (χ0) is 11.1. The number of anilines is 2. The molecule has 0 saturated heterocycles. The summed E-state index contributed by atoms with van der Waals surface area (Å²) < 4.78 is 0. The summed E-state index contributed by atoms with van der Waals surface area (Å²) in [5.41, 5.74) is 14.5. The van der Waals surface area contributed by atoms with Crippen LogP contribution in [0.1, 0.15) is 0 Å². The fraction of sp³-hybridized carbons (Fsp3) is 0. The Kier molecular flexibility index (Phi) is 1.71. The van der Waals surface area contributed by atoms with E-state index in [4.69, 9.17) is 11.5 Å². The molecule has 0 bridgehead atoms. The van der Waals surface area contributed by atoms with Crippen LogP contribution in [0.5, 0.6) is 0 Å². The van der Waals surface area contributed by atoms with Gasteiger partial charge in [0.05, 0.1) is 34.8 Å². The van der Waals surface area contributed by atoms with E-state index in [9.17, 15) is 0 Å². The first-order chi connectivity index (χ1) is 7.72. The van der Waals surface area contributed by atoms with Crippen molar-refractivity contribution in [2.45, 2.75) is 0 Å². The molecule has 2 heterocycles. The third kappa shape index (κ3) is 1.32. The van der Waals surface area contributed by atoms with Crippen molar-refractivity contribution in [1.29, 1.82) is 0 Å². The molecule has 3 aromatic rings. The van der Waals surface area contributed by atoms with Gasteiger partial charge < -0.3 is 11.5 Å². The fourth-order valence-corrected chi connectivity index (χ4v) is 1.79. The number of nitrogens with zero attached hydrogens (tertiary/aromatic N) is 2. The highest BCUT2D eigenvalue weighted by atomic mass is 14.7. The molecule has 0 atom stereocenters. The Labute approximate surface area is 91.9 Å². The van der Waals surface area contributed by atoms with E-state index in [1.54, 1.807) is 12.4 Å². The number of aromatic nitrogens is 2. The predicted octanol–water partition coefficient (Wildman–Crippen LogP) is 1.95. The minimum Gasteiger partial charge on any atom is -0.397 e. The second kappa shape index (κ2) is 3.06. The molecular formula is C12H10N4. The van der Waals surface area contributed by atoms with Crippen molar-refractivity contribution in [2.75, 3.05) is 11.5 Å². The molecule has 4 N–H and O–H groups in total. The van der Waals surface area contributed by atoms with Crippen LogP contribution in [0, 0.1) is 0 Å². The Morgan fingerprint density at radius 1 is 0.688 bits per heavy atom. The fourth-order valence-electron chi connectivity index (χ4n) is 1.79. The summed E-state index contributed by atoms with van der Waals surface area (Å²) in [5.74, 6) is 0. The van der Waals surface area contributed by atoms with Crippen LogP contribution in [0.4, 0.5) is 11.4 Å². The van der Waals surface area contributed by atoms with Crippen molar-refractivity contribution in [2.24, 2.45) is 0 Å². The lowest BCUT2D eigenvalue weighted by molar-refractivity contribution is 1.39. The van der Waals surface area contributed by atoms with Gasteiger partial charge in [0.1, 0.15) is 0 Å². The summed E-state index contributed by atoms with van der Waals surface area (Å²) in [6, 6.07) is 7.71. The highest BCUT2D eigenvalue weighted by molar-refractivity contribution is 5.96. The molecule has 0 spiro atoms. The molecule has 78 valence electrons. The zero-order valence-electron chi connectivity index (χ0n) is 8.51. The molecule has 16 heavy (non-hydrogen) atoms. The van der Waals surface area contributed by atoms with Crippen molar-refractivity contribution in [3.63, 3.8) is 0 Å². The molecule has 4 heteroatoms. The van der Waals surface area contributed by atoms with Crippen molar-refractivity contribution in [3.8, 4) is 0 Å². The van der Waals surface area contributed by atoms with E-state index in [0.717, 1.165) is 21.8 Å². The van der Waals surface area contributed by atoms with E-state index >= 15 is 0 Å². The van der Waals surface area contributed by atoms with Gasteiger partial charge in [-0.15, -0.1) is 0 Å². The van der Waals surface area contributed by atoms with Gasteiger partial charge in [-0.2, -0.15) is 0 Å². The van der Waals surface area contributed by atoms with Crippen LogP contribution in [0.15, 0.2) is 36.7 Å². The number of nitrogens with two attached hydrogens (primary N) is 2. The van der Waals surface area contributed by atoms with Crippen LogP contribution in [0.25, 0.3) is 21.8 Å². The quantitative estimate of drug-likeness (QED) is 0.556.